The molecule has 1 aliphatic rings. The van der Waals surface area contributed by atoms with Gasteiger partial charge >= 0.3 is 10.1 Å². The molecule has 1 aliphatic heterocycles. The number of amides is 2. The summed E-state index contributed by atoms with van der Waals surface area (Å²) in [4.78, 5) is 21.2. The summed E-state index contributed by atoms with van der Waals surface area (Å²) in [6.45, 7) is 0. The summed E-state index contributed by atoms with van der Waals surface area (Å²) in [6, 6.07) is 8.81. The molecule has 168 valence electrons. The van der Waals surface area contributed by atoms with Gasteiger partial charge in [0, 0.05) is 10.9 Å². The largest absolute Gasteiger partial charge is 0.497 e. The molecule has 0 unspecified atom stereocenters. The van der Waals surface area contributed by atoms with E-state index in [9.17, 15) is 40.0 Å². The first-order valence-corrected chi connectivity index (χ1v) is 9.77. The van der Waals surface area contributed by atoms with Crippen LogP contribution < -0.4 is 10.1 Å². The molecule has 0 aromatic heterocycles. The zero-order valence-corrected chi connectivity index (χ0v) is 16.5. The summed E-state index contributed by atoms with van der Waals surface area (Å²) in [5.74, 6) is -12.7. The van der Waals surface area contributed by atoms with Gasteiger partial charge in [0.1, 0.15) is 5.75 Å². The van der Waals surface area contributed by atoms with Crippen molar-refractivity contribution in [1.82, 2.24) is 5.32 Å². The molecule has 7 nitrogen and oxygen atoms in total. The van der Waals surface area contributed by atoms with Crippen LogP contribution in [-0.2, 0) is 10.1 Å². The number of rotatable bonds is 2. The second-order valence-corrected chi connectivity index (χ2v) is 7.59. The Labute approximate surface area is 176 Å². The Bertz CT molecular complexity index is 1380. The molecule has 0 atom stereocenters. The van der Waals surface area contributed by atoms with Crippen LogP contribution in [0.1, 0.15) is 20.7 Å². The molecule has 32 heavy (non-hydrogen) atoms. The number of halogens is 5. The van der Waals surface area contributed by atoms with E-state index in [-0.39, 0.29) is 11.8 Å². The smallest absolute Gasteiger partial charge is 0.300 e. The van der Waals surface area contributed by atoms with Gasteiger partial charge in [0.15, 0.2) is 28.2 Å². The first-order valence-electron chi connectivity index (χ1n) is 8.33. The van der Waals surface area contributed by atoms with Crippen molar-refractivity contribution in [3.05, 3.63) is 70.5 Å². The van der Waals surface area contributed by atoms with Crippen LogP contribution in [0.5, 0.6) is 5.75 Å². The molecular weight excluding hydrogens is 465 g/mol. The number of hydrogen-bond donors (Lipinski definition) is 2. The van der Waals surface area contributed by atoms with Gasteiger partial charge in [-0.05, 0) is 23.6 Å². The third-order valence-corrected chi connectivity index (χ3v) is 5.20. The van der Waals surface area contributed by atoms with E-state index in [4.69, 9.17) is 9.29 Å². The summed E-state index contributed by atoms with van der Waals surface area (Å²) >= 11 is 0. The van der Waals surface area contributed by atoms with E-state index in [0.29, 0.717) is 22.3 Å². The summed E-state index contributed by atoms with van der Waals surface area (Å²) in [5.41, 5.74) is 1.01. The summed E-state index contributed by atoms with van der Waals surface area (Å²) in [7, 11) is -3.98. The molecule has 1 heterocycles. The molecule has 0 aliphatic carbocycles. The Hall–Kier alpha value is -3.58. The number of imide groups is 1. The first kappa shape index (κ1) is 23.1. The van der Waals surface area contributed by atoms with Gasteiger partial charge in [0.05, 0.1) is 12.7 Å². The van der Waals surface area contributed by atoms with Crippen LogP contribution in [0.25, 0.3) is 10.8 Å². The van der Waals surface area contributed by atoms with Crippen LogP contribution in [0, 0.1) is 29.1 Å². The summed E-state index contributed by atoms with van der Waals surface area (Å²) < 4.78 is 96.4. The van der Waals surface area contributed by atoms with E-state index in [1.165, 1.54) is 0 Å². The molecule has 0 saturated heterocycles. The van der Waals surface area contributed by atoms with Crippen molar-refractivity contribution in [2.24, 2.45) is 0 Å². The van der Waals surface area contributed by atoms with Gasteiger partial charge in [-0.1, -0.05) is 12.1 Å². The fourth-order valence-electron chi connectivity index (χ4n) is 2.94. The molecule has 0 bridgehead atoms. The molecule has 4 rings (SSSR count). The summed E-state index contributed by atoms with van der Waals surface area (Å²) in [6.07, 6.45) is 0. The van der Waals surface area contributed by atoms with Gasteiger partial charge in [-0.25, -0.2) is 22.0 Å². The minimum absolute atomic E-state index is 0.349. The van der Waals surface area contributed by atoms with Crippen molar-refractivity contribution >= 4 is 32.7 Å². The maximum Gasteiger partial charge on any atom is 0.300 e. The minimum Gasteiger partial charge on any atom is -0.497 e. The Balaban J connectivity index is 0.000000183. The lowest BCUT2D eigenvalue weighted by Gasteiger charge is -2.17. The van der Waals surface area contributed by atoms with E-state index < -0.39 is 44.1 Å². The fourth-order valence-corrected chi connectivity index (χ4v) is 3.57. The molecule has 0 fully saturated rings. The van der Waals surface area contributed by atoms with E-state index in [0.717, 1.165) is 5.39 Å². The zero-order chi connectivity index (χ0) is 24.0. The lowest BCUT2D eigenvalue weighted by Crippen LogP contribution is -2.34. The van der Waals surface area contributed by atoms with E-state index in [2.05, 4.69) is 5.32 Å². The maximum absolute atomic E-state index is 12.6. The van der Waals surface area contributed by atoms with Crippen molar-refractivity contribution in [2.75, 3.05) is 7.11 Å². The molecule has 0 radical (unpaired) electrons. The topological polar surface area (TPSA) is 110 Å². The molecule has 3 aromatic rings. The fraction of sp³-hybridized carbons (Fsp3) is 0.0526. The number of nitrogens with one attached hydrogen (secondary N) is 1. The van der Waals surface area contributed by atoms with Gasteiger partial charge in [0.25, 0.3) is 11.8 Å². The highest BCUT2D eigenvalue weighted by Crippen LogP contribution is 2.30. The number of hydrogen-bond acceptors (Lipinski definition) is 5. The van der Waals surface area contributed by atoms with Crippen LogP contribution in [0.2, 0.25) is 0 Å². The molecular formula is C19H10F5NO6S. The van der Waals surface area contributed by atoms with Crippen LogP contribution >= 0.6 is 0 Å². The monoisotopic (exact) mass is 475 g/mol. The number of ether oxygens (including phenoxy) is 1. The van der Waals surface area contributed by atoms with Gasteiger partial charge in [0.2, 0.25) is 5.82 Å². The van der Waals surface area contributed by atoms with E-state index in [1.54, 1.807) is 25.3 Å². The minimum atomic E-state index is -5.52. The molecule has 13 heteroatoms. The highest BCUT2D eigenvalue weighted by Gasteiger charge is 2.32. The lowest BCUT2D eigenvalue weighted by atomic mass is 9.95. The van der Waals surface area contributed by atoms with E-state index in [1.807, 2.05) is 12.1 Å². The average Bonchev–Trinajstić information content (AvgIpc) is 2.73. The van der Waals surface area contributed by atoms with Crippen molar-refractivity contribution < 1.29 is 49.2 Å². The molecule has 2 amide bonds. The second kappa shape index (κ2) is 8.16. The highest BCUT2D eigenvalue weighted by atomic mass is 32.2. The van der Waals surface area contributed by atoms with Crippen LogP contribution in [-0.4, -0.2) is 31.9 Å². The normalized spacial score (nSPS) is 12.8. The molecule has 2 N–H and O–H groups in total. The van der Waals surface area contributed by atoms with Crippen molar-refractivity contribution in [1.29, 1.82) is 0 Å². The molecule has 0 spiro atoms. The summed E-state index contributed by atoms with van der Waals surface area (Å²) in [5, 5.41) is 3.84. The van der Waals surface area contributed by atoms with Gasteiger partial charge < -0.3 is 4.74 Å². The number of carbonyl (C=O) groups is 2. The maximum atomic E-state index is 12.6. The first-order chi connectivity index (χ1) is 14.9. The molecule has 3 aromatic carbocycles. The Morgan fingerprint density at radius 2 is 1.38 bits per heavy atom. The predicted octanol–water partition coefficient (Wildman–Crippen LogP) is 3.36. The lowest BCUT2D eigenvalue weighted by molar-refractivity contribution is 0.0844. The van der Waals surface area contributed by atoms with E-state index >= 15 is 0 Å². The van der Waals surface area contributed by atoms with Gasteiger partial charge in [-0.15, -0.1) is 0 Å². The third-order valence-electron chi connectivity index (χ3n) is 4.33. The number of methoxy groups -OCH3 is 1. The zero-order valence-electron chi connectivity index (χ0n) is 15.7. The SMILES string of the molecule is COc1cc2c3c(cccc3c1)C(=O)NC2=O.O=S(=O)(O)c1c(F)c(F)c(F)c(F)c1F. The van der Waals surface area contributed by atoms with Crippen molar-refractivity contribution in [3.63, 3.8) is 0 Å². The third kappa shape index (κ3) is 3.87. The number of benzene rings is 3. The Morgan fingerprint density at radius 1 is 0.844 bits per heavy atom. The van der Waals surface area contributed by atoms with Gasteiger partial charge in [-0.3, -0.25) is 19.5 Å². The standard InChI is InChI=1S/C13H9NO3.C6HF5O3S/c1-17-8-5-7-3-2-4-9-11(7)10(6-8)13(16)14-12(9)15;7-1-2(8)4(10)6(15(12,13)14)5(11)3(1)9/h2-6H,1H3,(H,14,15,16);(H,12,13,14). The van der Waals surface area contributed by atoms with Crippen molar-refractivity contribution in [2.45, 2.75) is 4.90 Å². The predicted molar refractivity (Wildman–Crippen MR) is 98.3 cm³/mol. The Kier molecular flexibility index (Phi) is 5.89. The van der Waals surface area contributed by atoms with Crippen LogP contribution in [0.3, 0.4) is 0 Å². The highest BCUT2D eigenvalue weighted by molar-refractivity contribution is 7.85. The van der Waals surface area contributed by atoms with Crippen LogP contribution in [0.15, 0.2) is 35.2 Å². The number of carbonyl (C=O) groups excluding carboxylic acids is 2. The average molecular weight is 475 g/mol. The van der Waals surface area contributed by atoms with Gasteiger partial charge in [-0.2, -0.15) is 8.42 Å². The van der Waals surface area contributed by atoms with Crippen molar-refractivity contribution in [3.8, 4) is 5.75 Å². The Morgan fingerprint density at radius 3 is 1.91 bits per heavy atom. The second-order valence-electron chi connectivity index (χ2n) is 6.24. The van der Waals surface area contributed by atoms with Crippen LogP contribution in [0.4, 0.5) is 22.0 Å². The quantitative estimate of drug-likeness (QED) is 0.193. The molecule has 0 saturated carbocycles.